The van der Waals surface area contributed by atoms with E-state index in [1.807, 2.05) is 37.8 Å². The van der Waals surface area contributed by atoms with Crippen molar-refractivity contribution in [3.8, 4) is 5.75 Å². The maximum Gasteiger partial charge on any atom is 0.255 e. The van der Waals surface area contributed by atoms with Crippen molar-refractivity contribution in [2.45, 2.75) is 33.0 Å². The van der Waals surface area contributed by atoms with Crippen LogP contribution in [0.25, 0.3) is 0 Å². The van der Waals surface area contributed by atoms with Gasteiger partial charge in [-0.3, -0.25) is 4.79 Å². The highest BCUT2D eigenvalue weighted by atomic mass is 79.9. The number of hydrogen-bond acceptors (Lipinski definition) is 3. The Kier molecular flexibility index (Phi) is 5.05. The fourth-order valence-corrected chi connectivity index (χ4v) is 2.60. The topological polar surface area (TPSA) is 38.8 Å². The first kappa shape index (κ1) is 15.3. The first-order valence-electron chi connectivity index (χ1n) is 6.84. The molecular weight excluding hydrogens is 322 g/mol. The van der Waals surface area contributed by atoms with E-state index in [9.17, 15) is 4.79 Å². The molecule has 4 nitrogen and oxygen atoms in total. The Morgan fingerprint density at radius 3 is 2.90 bits per heavy atom. The van der Waals surface area contributed by atoms with Gasteiger partial charge in [0.05, 0.1) is 24.4 Å². The fraction of sp³-hybridized carbons (Fsp3) is 0.533. The third kappa shape index (κ3) is 3.73. The third-order valence-electron chi connectivity index (χ3n) is 3.07. The monoisotopic (exact) mass is 341 g/mol. The molecule has 1 fully saturated rings. The van der Waals surface area contributed by atoms with Crippen LogP contribution < -0.4 is 4.74 Å². The molecule has 2 rings (SSSR count). The summed E-state index contributed by atoms with van der Waals surface area (Å²) in [4.78, 5) is 14.4. The van der Waals surface area contributed by atoms with Gasteiger partial charge in [0.2, 0.25) is 0 Å². The highest BCUT2D eigenvalue weighted by Gasteiger charge is 2.24. The lowest BCUT2D eigenvalue weighted by molar-refractivity contribution is -0.0124. The zero-order valence-electron chi connectivity index (χ0n) is 12.1. The van der Waals surface area contributed by atoms with Crippen molar-refractivity contribution in [1.29, 1.82) is 0 Å². The maximum atomic E-state index is 12.6. The average molecular weight is 342 g/mol. The van der Waals surface area contributed by atoms with Crippen LogP contribution in [0.3, 0.4) is 0 Å². The normalized spacial score (nSPS) is 19.2. The number of halogens is 1. The van der Waals surface area contributed by atoms with E-state index < -0.39 is 0 Å². The van der Waals surface area contributed by atoms with Crippen LogP contribution >= 0.6 is 15.9 Å². The third-order valence-corrected chi connectivity index (χ3v) is 3.76. The van der Waals surface area contributed by atoms with Crippen molar-refractivity contribution in [2.24, 2.45) is 0 Å². The van der Waals surface area contributed by atoms with Crippen molar-refractivity contribution in [3.05, 3.63) is 28.2 Å². The van der Waals surface area contributed by atoms with Gasteiger partial charge in [-0.05, 0) is 54.9 Å². The van der Waals surface area contributed by atoms with Gasteiger partial charge < -0.3 is 14.4 Å². The van der Waals surface area contributed by atoms with Gasteiger partial charge in [0.25, 0.3) is 5.91 Å². The Morgan fingerprint density at radius 1 is 1.50 bits per heavy atom. The smallest absolute Gasteiger partial charge is 0.255 e. The first-order chi connectivity index (χ1) is 9.47. The number of amides is 1. The minimum Gasteiger partial charge on any atom is -0.491 e. The Morgan fingerprint density at radius 2 is 2.25 bits per heavy atom. The zero-order valence-corrected chi connectivity index (χ0v) is 13.6. The van der Waals surface area contributed by atoms with Crippen LogP contribution in [-0.4, -0.2) is 42.7 Å². The molecule has 110 valence electrons. The molecule has 1 unspecified atom stereocenters. The predicted octanol–water partition coefficient (Wildman–Crippen LogP) is 3.10. The molecule has 0 saturated carbocycles. The van der Waals surface area contributed by atoms with Crippen molar-refractivity contribution < 1.29 is 14.3 Å². The summed E-state index contributed by atoms with van der Waals surface area (Å²) in [6, 6.07) is 5.52. The second-order valence-corrected chi connectivity index (χ2v) is 6.10. The van der Waals surface area contributed by atoms with E-state index in [2.05, 4.69) is 15.9 Å². The molecule has 0 bridgehead atoms. The molecule has 0 spiro atoms. The molecule has 1 amide bonds. The predicted molar refractivity (Wildman–Crippen MR) is 81.2 cm³/mol. The minimum absolute atomic E-state index is 0.0150. The SMILES string of the molecule is CC(C)Oc1ccc(Br)c(C(=O)N2CCOC(C)C2)c1. The van der Waals surface area contributed by atoms with Crippen molar-refractivity contribution in [2.75, 3.05) is 19.7 Å². The first-order valence-corrected chi connectivity index (χ1v) is 7.63. The highest BCUT2D eigenvalue weighted by Crippen LogP contribution is 2.25. The summed E-state index contributed by atoms with van der Waals surface area (Å²) in [5.74, 6) is 0.731. The molecule has 1 aliphatic rings. The summed E-state index contributed by atoms with van der Waals surface area (Å²) in [6.45, 7) is 7.76. The fourth-order valence-electron chi connectivity index (χ4n) is 2.19. The van der Waals surface area contributed by atoms with Crippen LogP contribution in [0.15, 0.2) is 22.7 Å². The van der Waals surface area contributed by atoms with Gasteiger partial charge in [0.15, 0.2) is 0 Å². The van der Waals surface area contributed by atoms with Crippen molar-refractivity contribution in [3.63, 3.8) is 0 Å². The molecule has 0 radical (unpaired) electrons. The molecule has 1 aliphatic heterocycles. The lowest BCUT2D eigenvalue weighted by Crippen LogP contribution is -2.44. The van der Waals surface area contributed by atoms with E-state index in [4.69, 9.17) is 9.47 Å². The molecule has 1 aromatic rings. The summed E-state index contributed by atoms with van der Waals surface area (Å²) in [7, 11) is 0. The van der Waals surface area contributed by atoms with Crippen molar-refractivity contribution in [1.82, 2.24) is 4.90 Å². The quantitative estimate of drug-likeness (QED) is 0.847. The van der Waals surface area contributed by atoms with E-state index in [-0.39, 0.29) is 18.1 Å². The van der Waals surface area contributed by atoms with Crippen LogP contribution in [0.1, 0.15) is 31.1 Å². The van der Waals surface area contributed by atoms with Gasteiger partial charge in [-0.1, -0.05) is 0 Å². The molecular formula is C15H20BrNO3. The summed E-state index contributed by atoms with van der Waals surface area (Å²) >= 11 is 3.44. The summed E-state index contributed by atoms with van der Waals surface area (Å²) in [6.07, 6.45) is 0.170. The van der Waals surface area contributed by atoms with Gasteiger partial charge in [0, 0.05) is 17.6 Å². The minimum atomic E-state index is 0.0150. The van der Waals surface area contributed by atoms with E-state index in [1.54, 1.807) is 6.07 Å². The zero-order chi connectivity index (χ0) is 14.7. The van der Waals surface area contributed by atoms with Gasteiger partial charge in [-0.2, -0.15) is 0 Å². The molecule has 0 aliphatic carbocycles. The van der Waals surface area contributed by atoms with Gasteiger partial charge in [0.1, 0.15) is 5.75 Å². The molecule has 1 saturated heterocycles. The number of carbonyl (C=O) groups is 1. The van der Waals surface area contributed by atoms with E-state index >= 15 is 0 Å². The summed E-state index contributed by atoms with van der Waals surface area (Å²) in [5, 5.41) is 0. The van der Waals surface area contributed by atoms with Crippen LogP contribution in [0.4, 0.5) is 0 Å². The van der Waals surface area contributed by atoms with E-state index in [1.165, 1.54) is 0 Å². The average Bonchev–Trinajstić information content (AvgIpc) is 2.39. The largest absolute Gasteiger partial charge is 0.491 e. The Balaban J connectivity index is 2.19. The van der Waals surface area contributed by atoms with Crippen LogP contribution in [0.5, 0.6) is 5.75 Å². The maximum absolute atomic E-state index is 12.6. The number of hydrogen-bond donors (Lipinski definition) is 0. The Hall–Kier alpha value is -1.07. The summed E-state index contributed by atoms with van der Waals surface area (Å²) < 4.78 is 11.9. The molecule has 0 N–H and O–H groups in total. The van der Waals surface area contributed by atoms with Gasteiger partial charge >= 0.3 is 0 Å². The Labute approximate surface area is 128 Å². The lowest BCUT2D eigenvalue weighted by Gasteiger charge is -2.31. The second kappa shape index (κ2) is 6.59. The molecule has 5 heteroatoms. The second-order valence-electron chi connectivity index (χ2n) is 5.24. The number of nitrogens with zero attached hydrogens (tertiary/aromatic N) is 1. The molecule has 1 atom stereocenters. The van der Waals surface area contributed by atoms with Crippen LogP contribution in [0, 0.1) is 0 Å². The van der Waals surface area contributed by atoms with Gasteiger partial charge in [-0.25, -0.2) is 0 Å². The van der Waals surface area contributed by atoms with E-state index in [0.717, 1.165) is 4.47 Å². The molecule has 1 heterocycles. The lowest BCUT2D eigenvalue weighted by atomic mass is 10.1. The molecule has 0 aromatic heterocycles. The standard InChI is InChI=1S/C15H20BrNO3/c1-10(2)20-12-4-5-14(16)13(8-12)15(18)17-6-7-19-11(3)9-17/h4-5,8,10-11H,6-7,9H2,1-3H3. The number of rotatable bonds is 3. The number of ether oxygens (including phenoxy) is 2. The Bertz CT molecular complexity index is 490. The number of morpholine rings is 1. The summed E-state index contributed by atoms with van der Waals surface area (Å²) in [5.41, 5.74) is 0.636. The van der Waals surface area contributed by atoms with Crippen LogP contribution in [-0.2, 0) is 4.74 Å². The van der Waals surface area contributed by atoms with Gasteiger partial charge in [-0.15, -0.1) is 0 Å². The highest BCUT2D eigenvalue weighted by molar-refractivity contribution is 9.10. The van der Waals surface area contributed by atoms with E-state index in [0.29, 0.717) is 31.0 Å². The van der Waals surface area contributed by atoms with Crippen LogP contribution in [0.2, 0.25) is 0 Å². The molecule has 20 heavy (non-hydrogen) atoms. The number of carbonyl (C=O) groups excluding carboxylic acids is 1. The molecule has 1 aromatic carbocycles. The van der Waals surface area contributed by atoms with Crippen molar-refractivity contribution >= 4 is 21.8 Å². The number of benzene rings is 1.